The molecule has 1 unspecified atom stereocenters. The molecule has 154 valence electrons. The van der Waals surface area contributed by atoms with Gasteiger partial charge in [0.15, 0.2) is 0 Å². The molecule has 0 aliphatic carbocycles. The van der Waals surface area contributed by atoms with Gasteiger partial charge in [-0.1, -0.05) is 12.1 Å². The van der Waals surface area contributed by atoms with E-state index >= 15 is 0 Å². The Kier molecular flexibility index (Phi) is 5.95. The van der Waals surface area contributed by atoms with E-state index in [9.17, 15) is 24.0 Å². The van der Waals surface area contributed by atoms with E-state index in [2.05, 4.69) is 10.6 Å². The number of rotatable bonds is 7. The summed E-state index contributed by atoms with van der Waals surface area (Å²) in [4.78, 5) is 63.2. The van der Waals surface area contributed by atoms with Gasteiger partial charge in [-0.15, -0.1) is 0 Å². The monoisotopic (exact) mass is 400 g/mol. The first-order valence-electron chi connectivity index (χ1n) is 9.58. The molecule has 0 spiro atoms. The highest BCUT2D eigenvalue weighted by Crippen LogP contribution is 2.22. The number of hydrogen-bond acceptors (Lipinski definition) is 5. The van der Waals surface area contributed by atoms with Gasteiger partial charge in [0, 0.05) is 32.1 Å². The number of imide groups is 1. The van der Waals surface area contributed by atoms with Crippen molar-refractivity contribution in [2.24, 2.45) is 5.92 Å². The molecule has 1 fully saturated rings. The number of carbonyl (C=O) groups excluding carboxylic acids is 5. The van der Waals surface area contributed by atoms with E-state index in [4.69, 9.17) is 0 Å². The maximum atomic E-state index is 12.2. The van der Waals surface area contributed by atoms with Gasteiger partial charge in [0.25, 0.3) is 11.8 Å². The summed E-state index contributed by atoms with van der Waals surface area (Å²) < 4.78 is 0. The van der Waals surface area contributed by atoms with Gasteiger partial charge in [0.2, 0.25) is 17.7 Å². The van der Waals surface area contributed by atoms with E-state index in [1.165, 1.54) is 0 Å². The summed E-state index contributed by atoms with van der Waals surface area (Å²) in [7, 11) is 0. The van der Waals surface area contributed by atoms with Crippen molar-refractivity contribution in [2.45, 2.75) is 26.3 Å². The molecule has 0 bridgehead atoms. The minimum Gasteiger partial charge on any atom is -0.354 e. The molecule has 9 heteroatoms. The number of likely N-dealkylation sites (tertiary alicyclic amines) is 1. The van der Waals surface area contributed by atoms with E-state index in [1.54, 1.807) is 29.2 Å². The summed E-state index contributed by atoms with van der Waals surface area (Å²) in [6.07, 6.45) is 0.191. The summed E-state index contributed by atoms with van der Waals surface area (Å²) in [5, 5.41) is 5.29. The minimum absolute atomic E-state index is 0.0330. The fourth-order valence-corrected chi connectivity index (χ4v) is 3.52. The Morgan fingerprint density at radius 1 is 1.03 bits per heavy atom. The number of fused-ring (bicyclic) bond motifs is 1. The van der Waals surface area contributed by atoms with Gasteiger partial charge in [-0.3, -0.25) is 28.9 Å². The van der Waals surface area contributed by atoms with Crippen molar-refractivity contribution in [3.05, 3.63) is 35.4 Å². The predicted molar refractivity (Wildman–Crippen MR) is 103 cm³/mol. The second kappa shape index (κ2) is 8.42. The summed E-state index contributed by atoms with van der Waals surface area (Å²) in [6, 6.07) is 6.49. The molecule has 3 rings (SSSR count). The minimum atomic E-state index is -0.491. The van der Waals surface area contributed by atoms with Crippen molar-refractivity contribution < 1.29 is 24.0 Å². The first-order valence-corrected chi connectivity index (χ1v) is 9.58. The Morgan fingerprint density at radius 2 is 1.62 bits per heavy atom. The first kappa shape index (κ1) is 20.5. The Morgan fingerprint density at radius 3 is 2.17 bits per heavy atom. The van der Waals surface area contributed by atoms with Crippen LogP contribution in [0.15, 0.2) is 24.3 Å². The van der Waals surface area contributed by atoms with Crippen molar-refractivity contribution in [1.29, 1.82) is 0 Å². The molecule has 29 heavy (non-hydrogen) atoms. The number of hydrogen-bond donors (Lipinski definition) is 2. The predicted octanol–water partition coefficient (Wildman–Crippen LogP) is -0.228. The Balaban J connectivity index is 1.40. The van der Waals surface area contributed by atoms with Gasteiger partial charge in [-0.2, -0.15) is 0 Å². The molecule has 1 saturated heterocycles. The summed E-state index contributed by atoms with van der Waals surface area (Å²) in [6.45, 7) is 4.18. The van der Waals surface area contributed by atoms with Crippen molar-refractivity contribution in [1.82, 2.24) is 20.4 Å². The van der Waals surface area contributed by atoms with Gasteiger partial charge >= 0.3 is 0 Å². The first-order chi connectivity index (χ1) is 13.8. The number of amides is 5. The molecule has 2 aliphatic heterocycles. The zero-order chi connectivity index (χ0) is 21.1. The molecule has 2 aliphatic rings. The van der Waals surface area contributed by atoms with Crippen molar-refractivity contribution >= 4 is 29.5 Å². The largest absolute Gasteiger partial charge is 0.354 e. The van der Waals surface area contributed by atoms with Gasteiger partial charge in [0.05, 0.1) is 17.0 Å². The molecule has 9 nitrogen and oxygen atoms in total. The highest BCUT2D eigenvalue weighted by atomic mass is 16.2. The Hall–Kier alpha value is -3.23. The number of nitrogens with one attached hydrogen (secondary N) is 2. The van der Waals surface area contributed by atoms with E-state index in [-0.39, 0.29) is 49.8 Å². The van der Waals surface area contributed by atoms with Crippen LogP contribution < -0.4 is 10.6 Å². The fourth-order valence-electron chi connectivity index (χ4n) is 3.52. The third-order valence-corrected chi connectivity index (χ3v) is 5.08. The zero-order valence-corrected chi connectivity index (χ0v) is 16.4. The summed E-state index contributed by atoms with van der Waals surface area (Å²) >= 11 is 0. The van der Waals surface area contributed by atoms with Gasteiger partial charge in [0.1, 0.15) is 6.54 Å². The molecule has 2 heterocycles. The van der Waals surface area contributed by atoms with Crippen molar-refractivity contribution in [3.63, 3.8) is 0 Å². The van der Waals surface area contributed by atoms with Crippen LogP contribution in [0.25, 0.3) is 0 Å². The second-order valence-corrected chi connectivity index (χ2v) is 7.42. The SMILES string of the molecule is CC(C)N1CC(C(=O)NCCNC(=O)CN2C(=O)c3ccccc3C2=O)CC1=O. The van der Waals surface area contributed by atoms with Crippen LogP contribution in [-0.2, 0) is 14.4 Å². The summed E-state index contributed by atoms with van der Waals surface area (Å²) in [5.41, 5.74) is 0.582. The molecule has 0 radical (unpaired) electrons. The lowest BCUT2D eigenvalue weighted by atomic mass is 10.1. The van der Waals surface area contributed by atoms with Crippen LogP contribution >= 0.6 is 0 Å². The van der Waals surface area contributed by atoms with Crippen LogP contribution in [0.3, 0.4) is 0 Å². The lowest BCUT2D eigenvalue weighted by Gasteiger charge is -2.20. The third kappa shape index (κ3) is 4.28. The van der Waals surface area contributed by atoms with E-state index in [0.29, 0.717) is 17.7 Å². The number of nitrogens with zero attached hydrogens (tertiary/aromatic N) is 2. The molecule has 0 aromatic heterocycles. The van der Waals surface area contributed by atoms with E-state index in [1.807, 2.05) is 13.8 Å². The van der Waals surface area contributed by atoms with Gasteiger partial charge in [-0.25, -0.2) is 0 Å². The van der Waals surface area contributed by atoms with Crippen molar-refractivity contribution in [3.8, 4) is 0 Å². The molecule has 0 saturated carbocycles. The highest BCUT2D eigenvalue weighted by molar-refractivity contribution is 6.22. The normalized spacial score (nSPS) is 18.4. The van der Waals surface area contributed by atoms with Crippen LogP contribution in [0.5, 0.6) is 0 Å². The quantitative estimate of drug-likeness (QED) is 0.485. The molecule has 1 aromatic carbocycles. The smallest absolute Gasteiger partial charge is 0.262 e. The van der Waals surface area contributed by atoms with Crippen LogP contribution in [0.1, 0.15) is 41.0 Å². The topological polar surface area (TPSA) is 116 Å². The molecule has 1 aromatic rings. The molecule has 1 atom stereocenters. The lowest BCUT2D eigenvalue weighted by molar-refractivity contribution is -0.129. The third-order valence-electron chi connectivity index (χ3n) is 5.08. The standard InChI is InChI=1S/C20H24N4O5/c1-12(2)23-10-13(9-17(23)26)18(27)22-8-7-21-16(25)11-24-19(28)14-5-3-4-6-15(14)20(24)29/h3-6,12-13H,7-11H2,1-2H3,(H,21,25)(H,22,27). The molecule has 5 amide bonds. The van der Waals surface area contributed by atoms with E-state index < -0.39 is 17.7 Å². The molecular formula is C20H24N4O5. The Bertz CT molecular complexity index is 831. The maximum Gasteiger partial charge on any atom is 0.262 e. The van der Waals surface area contributed by atoms with E-state index in [0.717, 1.165) is 4.90 Å². The molecule has 2 N–H and O–H groups in total. The average molecular weight is 400 g/mol. The Labute approximate surface area is 168 Å². The highest BCUT2D eigenvalue weighted by Gasteiger charge is 2.36. The van der Waals surface area contributed by atoms with Crippen LogP contribution in [-0.4, -0.2) is 71.6 Å². The second-order valence-electron chi connectivity index (χ2n) is 7.42. The fraction of sp³-hybridized carbons (Fsp3) is 0.450. The van der Waals surface area contributed by atoms with Crippen molar-refractivity contribution in [2.75, 3.05) is 26.2 Å². The van der Waals surface area contributed by atoms with Gasteiger partial charge in [-0.05, 0) is 26.0 Å². The number of benzene rings is 1. The summed E-state index contributed by atoms with van der Waals surface area (Å²) in [5.74, 6) is -2.12. The zero-order valence-electron chi connectivity index (χ0n) is 16.4. The van der Waals surface area contributed by atoms with Crippen LogP contribution in [0.2, 0.25) is 0 Å². The van der Waals surface area contributed by atoms with Gasteiger partial charge < -0.3 is 15.5 Å². The van der Waals surface area contributed by atoms with Crippen LogP contribution in [0, 0.1) is 5.92 Å². The molecular weight excluding hydrogens is 376 g/mol. The lowest BCUT2D eigenvalue weighted by Crippen LogP contribution is -2.43. The maximum absolute atomic E-state index is 12.2. The van der Waals surface area contributed by atoms with Crippen LogP contribution in [0.4, 0.5) is 0 Å². The average Bonchev–Trinajstić information content (AvgIpc) is 3.19. The number of carbonyl (C=O) groups is 5.